The minimum absolute atomic E-state index is 0.0539. The maximum atomic E-state index is 13.5. The molecule has 0 fully saturated rings. The number of halogens is 2. The third-order valence-corrected chi connectivity index (χ3v) is 3.66. The highest BCUT2D eigenvalue weighted by molar-refractivity contribution is 5.94. The summed E-state index contributed by atoms with van der Waals surface area (Å²) in [6.07, 6.45) is 0.0659. The van der Waals surface area contributed by atoms with Crippen LogP contribution in [0, 0.1) is 11.6 Å². The van der Waals surface area contributed by atoms with E-state index in [-0.39, 0.29) is 24.4 Å². The minimum atomic E-state index is -0.941. The van der Waals surface area contributed by atoms with Crippen LogP contribution < -0.4 is 10.1 Å². The number of nitrogens with zero attached hydrogens (tertiary/aromatic N) is 1. The summed E-state index contributed by atoms with van der Waals surface area (Å²) in [5.41, 5.74) is -0.261. The van der Waals surface area contributed by atoms with Gasteiger partial charge in [-0.1, -0.05) is 18.2 Å². The van der Waals surface area contributed by atoms with Crippen LogP contribution >= 0.6 is 0 Å². The van der Waals surface area contributed by atoms with E-state index in [9.17, 15) is 18.4 Å². The topological polar surface area (TPSA) is 58.6 Å². The van der Waals surface area contributed by atoms with Crippen molar-refractivity contribution in [2.45, 2.75) is 6.42 Å². The molecule has 0 spiro atoms. The standard InChI is InChI=1S/C19H20F2N2O3/c1-23(11-12-26-15-5-3-2-4-6-15)18(24)9-10-22-19(25)16-8-7-14(20)13-17(16)21/h2-8,13H,9-12H2,1H3,(H,22,25). The van der Waals surface area contributed by atoms with Gasteiger partial charge in [-0.25, -0.2) is 8.78 Å². The zero-order valence-electron chi connectivity index (χ0n) is 14.4. The van der Waals surface area contributed by atoms with Gasteiger partial charge in [-0.2, -0.15) is 0 Å². The van der Waals surface area contributed by atoms with Gasteiger partial charge in [0.05, 0.1) is 12.1 Å². The maximum Gasteiger partial charge on any atom is 0.254 e. The number of hydrogen-bond donors (Lipinski definition) is 1. The van der Waals surface area contributed by atoms with E-state index in [1.807, 2.05) is 30.3 Å². The van der Waals surface area contributed by atoms with E-state index in [1.165, 1.54) is 4.90 Å². The fourth-order valence-electron chi connectivity index (χ4n) is 2.18. The van der Waals surface area contributed by atoms with Crippen molar-refractivity contribution in [3.63, 3.8) is 0 Å². The Morgan fingerprint density at radius 2 is 1.85 bits per heavy atom. The number of amides is 2. The summed E-state index contributed by atoms with van der Waals surface area (Å²) in [6.45, 7) is 0.798. The predicted molar refractivity (Wildman–Crippen MR) is 92.9 cm³/mol. The minimum Gasteiger partial charge on any atom is -0.492 e. The molecule has 26 heavy (non-hydrogen) atoms. The summed E-state index contributed by atoms with van der Waals surface area (Å²) in [6, 6.07) is 12.0. The second-order valence-electron chi connectivity index (χ2n) is 5.61. The van der Waals surface area contributed by atoms with Crippen LogP contribution in [0.4, 0.5) is 8.78 Å². The second kappa shape index (κ2) is 9.50. The number of rotatable bonds is 8. The molecule has 0 aromatic heterocycles. The predicted octanol–water partition coefficient (Wildman–Crippen LogP) is 2.62. The monoisotopic (exact) mass is 362 g/mol. The largest absolute Gasteiger partial charge is 0.492 e. The molecule has 2 amide bonds. The Kier molecular flexibility index (Phi) is 7.08. The van der Waals surface area contributed by atoms with E-state index in [2.05, 4.69) is 5.32 Å². The van der Waals surface area contributed by atoms with Gasteiger partial charge in [0, 0.05) is 26.1 Å². The van der Waals surface area contributed by atoms with Gasteiger partial charge in [-0.05, 0) is 24.3 Å². The van der Waals surface area contributed by atoms with Gasteiger partial charge < -0.3 is 15.0 Å². The van der Waals surface area contributed by atoms with E-state index in [4.69, 9.17) is 4.74 Å². The van der Waals surface area contributed by atoms with Crippen LogP contribution in [-0.4, -0.2) is 43.5 Å². The molecule has 0 saturated heterocycles. The molecule has 0 aliphatic heterocycles. The highest BCUT2D eigenvalue weighted by Crippen LogP contribution is 2.09. The van der Waals surface area contributed by atoms with Crippen LogP contribution in [0.5, 0.6) is 5.75 Å². The normalized spacial score (nSPS) is 10.3. The van der Waals surface area contributed by atoms with Crippen molar-refractivity contribution < 1.29 is 23.1 Å². The van der Waals surface area contributed by atoms with E-state index in [0.29, 0.717) is 19.2 Å². The lowest BCUT2D eigenvalue weighted by Crippen LogP contribution is -2.34. The summed E-state index contributed by atoms with van der Waals surface area (Å²) in [5.74, 6) is -1.84. The first kappa shape index (κ1) is 19.4. The molecule has 138 valence electrons. The SMILES string of the molecule is CN(CCOc1ccccc1)C(=O)CCNC(=O)c1ccc(F)cc1F. The number of benzene rings is 2. The van der Waals surface area contributed by atoms with Crippen LogP contribution in [0.25, 0.3) is 0 Å². The number of likely N-dealkylation sites (N-methyl/N-ethyl adjacent to an activating group) is 1. The molecule has 2 aromatic rings. The number of hydrogen-bond acceptors (Lipinski definition) is 3. The summed E-state index contributed by atoms with van der Waals surface area (Å²) >= 11 is 0. The Hall–Kier alpha value is -2.96. The van der Waals surface area contributed by atoms with Crippen molar-refractivity contribution in [3.05, 3.63) is 65.7 Å². The van der Waals surface area contributed by atoms with Crippen LogP contribution in [0.3, 0.4) is 0 Å². The lowest BCUT2D eigenvalue weighted by Gasteiger charge is -2.17. The third-order valence-electron chi connectivity index (χ3n) is 3.66. The number of para-hydroxylation sites is 1. The zero-order valence-corrected chi connectivity index (χ0v) is 14.4. The number of nitrogens with one attached hydrogen (secondary N) is 1. The molecule has 0 heterocycles. The van der Waals surface area contributed by atoms with Crippen LogP contribution in [0.1, 0.15) is 16.8 Å². The lowest BCUT2D eigenvalue weighted by atomic mass is 10.2. The molecule has 2 aromatic carbocycles. The van der Waals surface area contributed by atoms with Gasteiger partial charge in [0.2, 0.25) is 5.91 Å². The van der Waals surface area contributed by atoms with Crippen molar-refractivity contribution in [3.8, 4) is 5.75 Å². The van der Waals surface area contributed by atoms with Gasteiger partial charge in [-0.3, -0.25) is 9.59 Å². The molecule has 0 bridgehead atoms. The van der Waals surface area contributed by atoms with E-state index < -0.39 is 17.5 Å². The van der Waals surface area contributed by atoms with Crippen LogP contribution in [0.15, 0.2) is 48.5 Å². The van der Waals surface area contributed by atoms with Crippen molar-refractivity contribution in [1.82, 2.24) is 10.2 Å². The molecule has 7 heteroatoms. The fourth-order valence-corrected chi connectivity index (χ4v) is 2.18. The Morgan fingerprint density at radius 1 is 1.12 bits per heavy atom. The summed E-state index contributed by atoms with van der Waals surface area (Å²) in [5, 5.41) is 2.45. The summed E-state index contributed by atoms with van der Waals surface area (Å²) < 4.78 is 31.9. The van der Waals surface area contributed by atoms with Gasteiger partial charge in [0.15, 0.2) is 0 Å². The zero-order chi connectivity index (χ0) is 18.9. The van der Waals surface area contributed by atoms with Crippen molar-refractivity contribution in [2.75, 3.05) is 26.7 Å². The van der Waals surface area contributed by atoms with Gasteiger partial charge >= 0.3 is 0 Å². The maximum absolute atomic E-state index is 13.5. The molecule has 1 N–H and O–H groups in total. The van der Waals surface area contributed by atoms with E-state index >= 15 is 0 Å². The Morgan fingerprint density at radius 3 is 2.54 bits per heavy atom. The molecule has 0 saturated carbocycles. The van der Waals surface area contributed by atoms with E-state index in [1.54, 1.807) is 7.05 Å². The van der Waals surface area contributed by atoms with Crippen molar-refractivity contribution in [2.24, 2.45) is 0 Å². The Balaban J connectivity index is 1.69. The van der Waals surface area contributed by atoms with Crippen LogP contribution in [0.2, 0.25) is 0 Å². The first-order valence-corrected chi connectivity index (χ1v) is 8.12. The van der Waals surface area contributed by atoms with Gasteiger partial charge in [0.25, 0.3) is 5.91 Å². The second-order valence-corrected chi connectivity index (χ2v) is 5.61. The molecule has 0 aliphatic rings. The molecule has 0 aliphatic carbocycles. The average Bonchev–Trinajstić information content (AvgIpc) is 2.62. The highest BCUT2D eigenvalue weighted by atomic mass is 19.1. The first-order chi connectivity index (χ1) is 12.5. The molecule has 2 rings (SSSR count). The Bertz CT molecular complexity index is 754. The average molecular weight is 362 g/mol. The summed E-state index contributed by atoms with van der Waals surface area (Å²) in [7, 11) is 1.64. The quantitative estimate of drug-likeness (QED) is 0.785. The molecular formula is C19H20F2N2O3. The smallest absolute Gasteiger partial charge is 0.254 e. The third kappa shape index (κ3) is 5.84. The fraction of sp³-hybridized carbons (Fsp3) is 0.263. The molecule has 0 radical (unpaired) electrons. The van der Waals surface area contributed by atoms with Crippen molar-refractivity contribution >= 4 is 11.8 Å². The van der Waals surface area contributed by atoms with Gasteiger partial charge in [0.1, 0.15) is 24.0 Å². The molecular weight excluding hydrogens is 342 g/mol. The number of ether oxygens (including phenoxy) is 1. The van der Waals surface area contributed by atoms with E-state index in [0.717, 1.165) is 17.9 Å². The first-order valence-electron chi connectivity index (χ1n) is 8.12. The molecule has 0 atom stereocenters. The number of carbonyl (C=O) groups is 2. The summed E-state index contributed by atoms with van der Waals surface area (Å²) in [4.78, 5) is 25.3. The highest BCUT2D eigenvalue weighted by Gasteiger charge is 2.13. The molecule has 5 nitrogen and oxygen atoms in total. The number of carbonyl (C=O) groups excluding carboxylic acids is 2. The molecule has 0 unspecified atom stereocenters. The van der Waals surface area contributed by atoms with Crippen LogP contribution in [-0.2, 0) is 4.79 Å². The van der Waals surface area contributed by atoms with Gasteiger partial charge in [-0.15, -0.1) is 0 Å². The van der Waals surface area contributed by atoms with Crippen molar-refractivity contribution in [1.29, 1.82) is 0 Å². The Labute approximate surface area is 150 Å². The lowest BCUT2D eigenvalue weighted by molar-refractivity contribution is -0.130.